The lowest BCUT2D eigenvalue weighted by molar-refractivity contribution is 0.581. The molecule has 0 saturated carbocycles. The van der Waals surface area contributed by atoms with Crippen LogP contribution in [0.2, 0.25) is 0 Å². The van der Waals surface area contributed by atoms with E-state index in [9.17, 15) is 0 Å². The first-order chi connectivity index (χ1) is 8.19. The monoisotopic (exact) mass is 252 g/mol. The van der Waals surface area contributed by atoms with Crippen molar-refractivity contribution in [2.45, 2.75) is 53.1 Å². The third-order valence-electron chi connectivity index (χ3n) is 3.12. The predicted octanol–water partition coefficient (Wildman–Crippen LogP) is 3.41. The first-order valence-electron chi connectivity index (χ1n) is 6.35. The number of aromatic nitrogens is 4. The first kappa shape index (κ1) is 12.4. The molecule has 0 aromatic carbocycles. The van der Waals surface area contributed by atoms with E-state index in [0.717, 1.165) is 34.7 Å². The highest BCUT2D eigenvalue weighted by atomic mass is 32.1. The number of hydrogen-bond acceptors (Lipinski definition) is 2. The number of unbranched alkanes of at least 4 members (excludes halogenated alkanes) is 2. The third-order valence-corrected chi connectivity index (χ3v) is 3.44. The van der Waals surface area contributed by atoms with Crippen molar-refractivity contribution >= 4 is 23.4 Å². The molecule has 2 rings (SSSR count). The maximum atomic E-state index is 5.39. The largest absolute Gasteiger partial charge is 0.328 e. The molecule has 2 heterocycles. The Morgan fingerprint density at radius 3 is 2.71 bits per heavy atom. The molecule has 5 heteroatoms. The smallest absolute Gasteiger partial charge is 0.179 e. The number of nitrogens with zero attached hydrogens (tertiary/aromatic N) is 3. The zero-order chi connectivity index (χ0) is 12.4. The number of nitrogens with one attached hydrogen (secondary N) is 1. The van der Waals surface area contributed by atoms with Crippen LogP contribution in [0.4, 0.5) is 0 Å². The summed E-state index contributed by atoms with van der Waals surface area (Å²) in [5, 5.41) is 4.52. The number of aromatic amines is 1. The van der Waals surface area contributed by atoms with Crippen LogP contribution in [-0.2, 0) is 13.1 Å². The van der Waals surface area contributed by atoms with Gasteiger partial charge in [0.05, 0.1) is 5.69 Å². The summed E-state index contributed by atoms with van der Waals surface area (Å²) >= 11 is 5.39. The highest BCUT2D eigenvalue weighted by Gasteiger charge is 2.13. The van der Waals surface area contributed by atoms with E-state index in [1.165, 1.54) is 19.3 Å². The van der Waals surface area contributed by atoms with E-state index in [2.05, 4.69) is 28.5 Å². The van der Waals surface area contributed by atoms with E-state index in [0.29, 0.717) is 0 Å². The molecule has 17 heavy (non-hydrogen) atoms. The molecule has 4 nitrogen and oxygen atoms in total. The van der Waals surface area contributed by atoms with Crippen LogP contribution in [0.15, 0.2) is 0 Å². The zero-order valence-corrected chi connectivity index (χ0v) is 11.6. The van der Waals surface area contributed by atoms with Gasteiger partial charge in [0, 0.05) is 13.1 Å². The van der Waals surface area contributed by atoms with Gasteiger partial charge in [-0.15, -0.1) is 0 Å². The van der Waals surface area contributed by atoms with Crippen LogP contribution in [0, 0.1) is 11.7 Å². The SMILES string of the molecule is CCCCCn1c(=S)[nH]c2c(C)nn(CC)c21. The molecule has 2 aromatic rings. The van der Waals surface area contributed by atoms with Crippen molar-refractivity contribution in [2.24, 2.45) is 0 Å². The quantitative estimate of drug-likeness (QED) is 0.654. The van der Waals surface area contributed by atoms with Crippen molar-refractivity contribution in [2.75, 3.05) is 0 Å². The van der Waals surface area contributed by atoms with Crippen molar-refractivity contribution < 1.29 is 0 Å². The van der Waals surface area contributed by atoms with Gasteiger partial charge in [-0.05, 0) is 32.5 Å². The van der Waals surface area contributed by atoms with Crippen molar-refractivity contribution in [3.8, 4) is 0 Å². The summed E-state index contributed by atoms with van der Waals surface area (Å²) in [4.78, 5) is 3.27. The van der Waals surface area contributed by atoms with Crippen LogP contribution in [-0.4, -0.2) is 19.3 Å². The molecular formula is C12H20N4S. The van der Waals surface area contributed by atoms with Crippen LogP contribution in [0.1, 0.15) is 38.8 Å². The number of imidazole rings is 1. The highest BCUT2D eigenvalue weighted by molar-refractivity contribution is 7.71. The molecule has 0 fully saturated rings. The fourth-order valence-corrected chi connectivity index (χ4v) is 2.49. The van der Waals surface area contributed by atoms with Gasteiger partial charge in [-0.3, -0.25) is 0 Å². The molecule has 0 atom stereocenters. The molecule has 94 valence electrons. The van der Waals surface area contributed by atoms with Crippen molar-refractivity contribution in [1.29, 1.82) is 0 Å². The lowest BCUT2D eigenvalue weighted by Gasteiger charge is -2.05. The van der Waals surface area contributed by atoms with Gasteiger partial charge in [-0.25, -0.2) is 4.68 Å². The maximum absolute atomic E-state index is 5.39. The predicted molar refractivity (Wildman–Crippen MR) is 72.8 cm³/mol. The van der Waals surface area contributed by atoms with E-state index in [1.807, 2.05) is 11.6 Å². The number of rotatable bonds is 5. The normalized spacial score (nSPS) is 11.5. The van der Waals surface area contributed by atoms with Gasteiger partial charge >= 0.3 is 0 Å². The van der Waals surface area contributed by atoms with E-state index in [1.54, 1.807) is 0 Å². The number of fused-ring (bicyclic) bond motifs is 1. The summed E-state index contributed by atoms with van der Waals surface area (Å²) in [6.07, 6.45) is 3.65. The minimum Gasteiger partial charge on any atom is -0.328 e. The van der Waals surface area contributed by atoms with Crippen molar-refractivity contribution in [3.05, 3.63) is 10.5 Å². The summed E-state index contributed by atoms with van der Waals surface area (Å²) < 4.78 is 5.03. The van der Waals surface area contributed by atoms with Crippen molar-refractivity contribution in [1.82, 2.24) is 19.3 Å². The Hall–Kier alpha value is -1.10. The second-order valence-electron chi connectivity index (χ2n) is 4.39. The third kappa shape index (κ3) is 2.16. The van der Waals surface area contributed by atoms with Gasteiger partial charge in [0.2, 0.25) is 0 Å². The van der Waals surface area contributed by atoms with E-state index in [4.69, 9.17) is 12.2 Å². The van der Waals surface area contributed by atoms with Crippen LogP contribution in [0.25, 0.3) is 11.2 Å². The fraction of sp³-hybridized carbons (Fsp3) is 0.667. The molecular weight excluding hydrogens is 232 g/mol. The lowest BCUT2D eigenvalue weighted by atomic mass is 10.2. The second kappa shape index (κ2) is 5.04. The average Bonchev–Trinajstić information content (AvgIpc) is 2.79. The standard InChI is InChI=1S/C12H20N4S/c1-4-6-7-8-15-11-10(13-12(15)17)9(3)14-16(11)5-2/h4-8H2,1-3H3,(H,13,17). The van der Waals surface area contributed by atoms with Crippen molar-refractivity contribution in [3.63, 3.8) is 0 Å². The molecule has 0 unspecified atom stereocenters. The Bertz CT molecular complexity index is 561. The van der Waals surface area contributed by atoms with Crippen LogP contribution in [0.5, 0.6) is 0 Å². The van der Waals surface area contributed by atoms with E-state index < -0.39 is 0 Å². The molecule has 0 aliphatic rings. The summed E-state index contributed by atoms with van der Waals surface area (Å²) in [5.74, 6) is 0. The Labute approximate surface area is 107 Å². The number of aryl methyl sites for hydroxylation is 3. The maximum Gasteiger partial charge on any atom is 0.179 e. The Morgan fingerprint density at radius 1 is 1.29 bits per heavy atom. The summed E-state index contributed by atoms with van der Waals surface area (Å²) in [6, 6.07) is 0. The van der Waals surface area contributed by atoms with Gasteiger partial charge in [-0.1, -0.05) is 19.8 Å². The fourth-order valence-electron chi connectivity index (χ4n) is 2.21. The molecule has 0 aliphatic carbocycles. The van der Waals surface area contributed by atoms with Gasteiger partial charge in [-0.2, -0.15) is 5.10 Å². The first-order valence-corrected chi connectivity index (χ1v) is 6.75. The van der Waals surface area contributed by atoms with Crippen LogP contribution in [0.3, 0.4) is 0 Å². The Kier molecular flexibility index (Phi) is 3.66. The van der Waals surface area contributed by atoms with Gasteiger partial charge in [0.1, 0.15) is 5.52 Å². The average molecular weight is 252 g/mol. The zero-order valence-electron chi connectivity index (χ0n) is 10.8. The summed E-state index contributed by atoms with van der Waals surface area (Å²) in [7, 11) is 0. The minimum absolute atomic E-state index is 0.818. The molecule has 0 bridgehead atoms. The number of hydrogen-bond donors (Lipinski definition) is 1. The molecule has 0 radical (unpaired) electrons. The molecule has 0 spiro atoms. The Morgan fingerprint density at radius 2 is 2.06 bits per heavy atom. The molecule has 2 aromatic heterocycles. The van der Waals surface area contributed by atoms with Crippen LogP contribution < -0.4 is 0 Å². The topological polar surface area (TPSA) is 38.5 Å². The van der Waals surface area contributed by atoms with Gasteiger partial charge in [0.15, 0.2) is 10.4 Å². The second-order valence-corrected chi connectivity index (χ2v) is 4.78. The van der Waals surface area contributed by atoms with Crippen LogP contribution >= 0.6 is 12.2 Å². The Balaban J connectivity index is 2.45. The molecule has 1 N–H and O–H groups in total. The summed E-state index contributed by atoms with van der Waals surface area (Å²) in [6.45, 7) is 8.21. The lowest BCUT2D eigenvalue weighted by Crippen LogP contribution is -2.05. The highest BCUT2D eigenvalue weighted by Crippen LogP contribution is 2.18. The van der Waals surface area contributed by atoms with Gasteiger partial charge < -0.3 is 9.55 Å². The summed E-state index contributed by atoms with van der Waals surface area (Å²) in [5.41, 5.74) is 3.27. The molecule has 0 aliphatic heterocycles. The number of H-pyrrole nitrogens is 1. The molecule has 0 saturated heterocycles. The van der Waals surface area contributed by atoms with Gasteiger partial charge in [0.25, 0.3) is 0 Å². The van der Waals surface area contributed by atoms with E-state index in [-0.39, 0.29) is 0 Å². The minimum atomic E-state index is 0.818. The molecule has 0 amide bonds. The van der Waals surface area contributed by atoms with E-state index >= 15 is 0 Å².